The van der Waals surface area contributed by atoms with Crippen molar-refractivity contribution in [2.24, 2.45) is 0 Å². The smallest absolute Gasteiger partial charge is 0.0150 e. The molecule has 0 aromatic heterocycles. The molecule has 2 nitrogen and oxygen atoms in total. The van der Waals surface area contributed by atoms with Crippen LogP contribution < -0.4 is 5.32 Å². The predicted octanol–water partition coefficient (Wildman–Crippen LogP) is 1.86. The van der Waals surface area contributed by atoms with Crippen LogP contribution in [-0.4, -0.2) is 36.6 Å². The van der Waals surface area contributed by atoms with Crippen LogP contribution in [-0.2, 0) is 0 Å². The van der Waals surface area contributed by atoms with E-state index in [1.165, 1.54) is 45.4 Å². The lowest BCUT2D eigenvalue weighted by atomic mass is 9.98. The fourth-order valence-electron chi connectivity index (χ4n) is 1.86. The first-order valence-electron chi connectivity index (χ1n) is 5.62. The minimum Gasteiger partial charge on any atom is -0.317 e. The fourth-order valence-corrected chi connectivity index (χ4v) is 1.86. The Bertz CT molecular complexity index is 135. The summed E-state index contributed by atoms with van der Waals surface area (Å²) in [6, 6.07) is 0. The number of nitrogens with one attached hydrogen (secondary N) is 1. The van der Waals surface area contributed by atoms with Gasteiger partial charge in [-0.2, -0.15) is 0 Å². The molecule has 1 fully saturated rings. The van der Waals surface area contributed by atoms with Crippen molar-refractivity contribution in [1.29, 1.82) is 0 Å². The summed E-state index contributed by atoms with van der Waals surface area (Å²) in [6.07, 6.45) is 3.84. The standard InChI is InChI=1S/C11H24N2/c1-4-11(2,3)13-9-5-7-12-8-6-10-13/h12H,4-10H2,1-3H3. The highest BCUT2D eigenvalue weighted by atomic mass is 15.2. The predicted molar refractivity (Wildman–Crippen MR) is 58.0 cm³/mol. The topological polar surface area (TPSA) is 15.3 Å². The summed E-state index contributed by atoms with van der Waals surface area (Å²) in [5, 5.41) is 3.45. The quantitative estimate of drug-likeness (QED) is 0.704. The molecule has 78 valence electrons. The molecule has 2 heteroatoms. The average molecular weight is 184 g/mol. The largest absolute Gasteiger partial charge is 0.317 e. The van der Waals surface area contributed by atoms with Crippen molar-refractivity contribution < 1.29 is 0 Å². The molecule has 1 heterocycles. The maximum atomic E-state index is 3.45. The Labute approximate surface area is 82.7 Å². The molecule has 1 rings (SSSR count). The van der Waals surface area contributed by atoms with Crippen LogP contribution in [0.15, 0.2) is 0 Å². The second-order valence-corrected chi connectivity index (χ2v) is 4.61. The zero-order valence-corrected chi connectivity index (χ0v) is 9.40. The molecule has 0 radical (unpaired) electrons. The number of rotatable bonds is 2. The van der Waals surface area contributed by atoms with E-state index in [9.17, 15) is 0 Å². The van der Waals surface area contributed by atoms with Crippen molar-refractivity contribution in [3.8, 4) is 0 Å². The summed E-state index contributed by atoms with van der Waals surface area (Å²) in [6.45, 7) is 11.9. The van der Waals surface area contributed by atoms with Crippen LogP contribution in [0.1, 0.15) is 40.0 Å². The molecule has 0 amide bonds. The van der Waals surface area contributed by atoms with Gasteiger partial charge in [-0.05, 0) is 59.3 Å². The van der Waals surface area contributed by atoms with Gasteiger partial charge in [-0.1, -0.05) is 6.92 Å². The molecule has 0 bridgehead atoms. The van der Waals surface area contributed by atoms with Crippen LogP contribution in [0.25, 0.3) is 0 Å². The molecule has 0 aromatic rings. The first-order chi connectivity index (χ1) is 6.17. The highest BCUT2D eigenvalue weighted by molar-refractivity contribution is 4.81. The second-order valence-electron chi connectivity index (χ2n) is 4.61. The van der Waals surface area contributed by atoms with Crippen molar-refractivity contribution in [1.82, 2.24) is 10.2 Å². The molecule has 0 atom stereocenters. The lowest BCUT2D eigenvalue weighted by Gasteiger charge is -2.39. The summed E-state index contributed by atoms with van der Waals surface area (Å²) in [5.41, 5.74) is 0.400. The Morgan fingerprint density at radius 3 is 2.15 bits per heavy atom. The van der Waals surface area contributed by atoms with Gasteiger partial charge in [-0.25, -0.2) is 0 Å². The van der Waals surface area contributed by atoms with Crippen LogP contribution in [0.2, 0.25) is 0 Å². The van der Waals surface area contributed by atoms with E-state index in [1.54, 1.807) is 0 Å². The van der Waals surface area contributed by atoms with Crippen molar-refractivity contribution in [3.05, 3.63) is 0 Å². The Morgan fingerprint density at radius 1 is 1.15 bits per heavy atom. The van der Waals surface area contributed by atoms with E-state index in [0.717, 1.165) is 0 Å². The minimum atomic E-state index is 0.400. The molecule has 0 aliphatic carbocycles. The maximum absolute atomic E-state index is 3.45. The Balaban J connectivity index is 2.45. The molecule has 0 spiro atoms. The summed E-state index contributed by atoms with van der Waals surface area (Å²) >= 11 is 0. The number of hydrogen-bond acceptors (Lipinski definition) is 2. The van der Waals surface area contributed by atoms with Gasteiger partial charge in [-0.3, -0.25) is 4.90 Å². The molecule has 1 N–H and O–H groups in total. The third-order valence-electron chi connectivity index (χ3n) is 3.28. The van der Waals surface area contributed by atoms with Gasteiger partial charge in [0.1, 0.15) is 0 Å². The van der Waals surface area contributed by atoms with Crippen LogP contribution >= 0.6 is 0 Å². The molecule has 1 aliphatic rings. The van der Waals surface area contributed by atoms with E-state index in [1.807, 2.05) is 0 Å². The van der Waals surface area contributed by atoms with Crippen LogP contribution in [0.5, 0.6) is 0 Å². The van der Waals surface area contributed by atoms with Gasteiger partial charge in [0.05, 0.1) is 0 Å². The van der Waals surface area contributed by atoms with Crippen molar-refractivity contribution in [3.63, 3.8) is 0 Å². The third kappa shape index (κ3) is 3.28. The summed E-state index contributed by atoms with van der Waals surface area (Å²) in [4.78, 5) is 2.65. The summed E-state index contributed by atoms with van der Waals surface area (Å²) in [5.74, 6) is 0. The zero-order valence-electron chi connectivity index (χ0n) is 9.40. The highest BCUT2D eigenvalue weighted by Gasteiger charge is 2.24. The van der Waals surface area contributed by atoms with Crippen LogP contribution in [0.3, 0.4) is 0 Å². The fraction of sp³-hybridized carbons (Fsp3) is 1.00. The van der Waals surface area contributed by atoms with Crippen molar-refractivity contribution >= 4 is 0 Å². The molecular formula is C11H24N2. The monoisotopic (exact) mass is 184 g/mol. The normalized spacial score (nSPS) is 22.4. The first-order valence-corrected chi connectivity index (χ1v) is 5.62. The third-order valence-corrected chi connectivity index (χ3v) is 3.28. The van der Waals surface area contributed by atoms with Crippen molar-refractivity contribution in [2.45, 2.75) is 45.6 Å². The van der Waals surface area contributed by atoms with Gasteiger partial charge in [0.2, 0.25) is 0 Å². The molecule has 0 aromatic carbocycles. The van der Waals surface area contributed by atoms with Gasteiger partial charge in [-0.15, -0.1) is 0 Å². The minimum absolute atomic E-state index is 0.400. The van der Waals surface area contributed by atoms with E-state index in [0.29, 0.717) is 5.54 Å². The van der Waals surface area contributed by atoms with Gasteiger partial charge < -0.3 is 5.32 Å². The Kier molecular flexibility index (Phi) is 4.20. The summed E-state index contributed by atoms with van der Waals surface area (Å²) in [7, 11) is 0. The first kappa shape index (κ1) is 11.0. The zero-order chi connectivity index (χ0) is 9.73. The van der Waals surface area contributed by atoms with E-state index in [2.05, 4.69) is 31.0 Å². The van der Waals surface area contributed by atoms with Gasteiger partial charge in [0.25, 0.3) is 0 Å². The van der Waals surface area contributed by atoms with E-state index < -0.39 is 0 Å². The lowest BCUT2D eigenvalue weighted by Crippen LogP contribution is -2.46. The molecule has 1 saturated heterocycles. The SMILES string of the molecule is CCC(C)(C)N1CCCNCCC1. The van der Waals surface area contributed by atoms with Gasteiger partial charge in [0.15, 0.2) is 0 Å². The number of hydrogen-bond donors (Lipinski definition) is 1. The van der Waals surface area contributed by atoms with Crippen molar-refractivity contribution in [2.75, 3.05) is 26.2 Å². The van der Waals surface area contributed by atoms with E-state index >= 15 is 0 Å². The van der Waals surface area contributed by atoms with Crippen LogP contribution in [0.4, 0.5) is 0 Å². The molecule has 1 aliphatic heterocycles. The Hall–Kier alpha value is -0.0800. The Morgan fingerprint density at radius 2 is 1.69 bits per heavy atom. The molecule has 0 saturated carbocycles. The van der Waals surface area contributed by atoms with Gasteiger partial charge >= 0.3 is 0 Å². The molecular weight excluding hydrogens is 160 g/mol. The molecule has 13 heavy (non-hydrogen) atoms. The maximum Gasteiger partial charge on any atom is 0.0150 e. The highest BCUT2D eigenvalue weighted by Crippen LogP contribution is 2.19. The van der Waals surface area contributed by atoms with Crippen LogP contribution in [0, 0.1) is 0 Å². The van der Waals surface area contributed by atoms with Gasteiger partial charge in [0, 0.05) is 5.54 Å². The average Bonchev–Trinajstić information content (AvgIpc) is 2.03. The lowest BCUT2D eigenvalue weighted by molar-refractivity contribution is 0.107. The summed E-state index contributed by atoms with van der Waals surface area (Å²) < 4.78 is 0. The van der Waals surface area contributed by atoms with E-state index in [-0.39, 0.29) is 0 Å². The van der Waals surface area contributed by atoms with E-state index in [4.69, 9.17) is 0 Å². The number of nitrogens with zero attached hydrogens (tertiary/aromatic N) is 1. The second kappa shape index (κ2) is 4.97. The molecule has 0 unspecified atom stereocenters.